The van der Waals surface area contributed by atoms with Crippen molar-refractivity contribution in [1.29, 1.82) is 0 Å². The number of benzene rings is 6. The third-order valence-corrected chi connectivity index (χ3v) is 9.25. The first-order valence-electron chi connectivity index (χ1n) is 15.7. The number of carbonyl (C=O) groups excluding carboxylic acids is 2. The molecule has 45 heavy (non-hydrogen) atoms. The molecule has 0 bridgehead atoms. The molecule has 0 aromatic heterocycles. The van der Waals surface area contributed by atoms with Gasteiger partial charge in [0.1, 0.15) is 0 Å². The first kappa shape index (κ1) is 30.9. The maximum Gasteiger partial charge on any atom is 0.489 e. The maximum atomic E-state index is 12.4. The van der Waals surface area contributed by atoms with Crippen molar-refractivity contribution in [2.75, 3.05) is 0 Å². The van der Waals surface area contributed by atoms with Crippen LogP contribution in [0, 0.1) is 0 Å². The fourth-order valence-electron chi connectivity index (χ4n) is 6.49. The first-order chi connectivity index (χ1) is 20.9. The van der Waals surface area contributed by atoms with Crippen molar-refractivity contribution in [2.45, 2.75) is 78.6 Å². The zero-order valence-corrected chi connectivity index (χ0v) is 27.7. The molecule has 0 heterocycles. The van der Waals surface area contributed by atoms with E-state index in [-0.39, 0.29) is 27.8 Å². The topological polar surface area (TPSA) is 74.6 Å². The van der Waals surface area contributed by atoms with Crippen LogP contribution in [-0.2, 0) is 16.2 Å². The smallest absolute Gasteiger partial charge is 0.423 e. The van der Waals surface area contributed by atoms with Crippen molar-refractivity contribution in [1.82, 2.24) is 0 Å². The number of carbonyl (C=O) groups is 2. The molecule has 0 saturated heterocycles. The summed E-state index contributed by atoms with van der Waals surface area (Å²) in [6, 6.07) is 24.6. The molecule has 5 heteroatoms. The normalized spacial score (nSPS) is 13.8. The Morgan fingerprint density at radius 1 is 0.467 bits per heavy atom. The zero-order valence-electron chi connectivity index (χ0n) is 27.7. The van der Waals surface area contributed by atoms with Crippen LogP contribution < -0.4 is 5.46 Å². The molecule has 0 saturated carbocycles. The van der Waals surface area contributed by atoms with Crippen molar-refractivity contribution in [3.63, 3.8) is 0 Å². The third kappa shape index (κ3) is 5.22. The van der Waals surface area contributed by atoms with Gasteiger partial charge in [-0.25, -0.2) is 0 Å². The Balaban J connectivity index is 0.000000161. The molecule has 0 aliphatic heterocycles. The van der Waals surface area contributed by atoms with Gasteiger partial charge in [0.15, 0.2) is 0 Å². The van der Waals surface area contributed by atoms with Gasteiger partial charge in [-0.2, -0.15) is 0 Å². The van der Waals surface area contributed by atoms with E-state index in [0.29, 0.717) is 16.6 Å². The fraction of sp³-hybridized carbons (Fsp3) is 0.300. The van der Waals surface area contributed by atoms with Crippen LogP contribution in [0.25, 0.3) is 43.1 Å². The van der Waals surface area contributed by atoms with Crippen LogP contribution in [0.5, 0.6) is 0 Å². The third-order valence-electron chi connectivity index (χ3n) is 9.25. The molecule has 7 rings (SSSR count). The molecule has 4 nitrogen and oxygen atoms in total. The largest absolute Gasteiger partial charge is 0.489 e. The Bertz CT molecular complexity index is 2160. The van der Waals surface area contributed by atoms with Crippen molar-refractivity contribution in [3.8, 4) is 0 Å². The summed E-state index contributed by atoms with van der Waals surface area (Å²) in [5.41, 5.74) is 5.36. The predicted molar refractivity (Wildman–Crippen MR) is 189 cm³/mol. The number of Topliss-reactive ketones (excluding diaryl/α,β-unsaturated/α-hetero) is 2. The lowest BCUT2D eigenvalue weighted by atomic mass is 9.72. The monoisotopic (exact) mass is 596 g/mol. The van der Waals surface area contributed by atoms with Gasteiger partial charge in [0.2, 0.25) is 11.6 Å². The number of hydrogen-bond donors (Lipinski definition) is 2. The van der Waals surface area contributed by atoms with Gasteiger partial charge in [-0.1, -0.05) is 123 Å². The number of ketones is 2. The van der Waals surface area contributed by atoms with E-state index in [2.05, 4.69) is 105 Å². The van der Waals surface area contributed by atoms with E-state index in [1.807, 2.05) is 24.3 Å². The van der Waals surface area contributed by atoms with E-state index in [4.69, 9.17) is 0 Å². The van der Waals surface area contributed by atoms with Crippen molar-refractivity contribution in [3.05, 3.63) is 101 Å². The zero-order chi connectivity index (χ0) is 32.8. The second kappa shape index (κ2) is 10.2. The van der Waals surface area contributed by atoms with Crippen LogP contribution in [0.15, 0.2) is 72.8 Å². The van der Waals surface area contributed by atoms with E-state index >= 15 is 0 Å². The van der Waals surface area contributed by atoms with Crippen molar-refractivity contribution >= 4 is 67.2 Å². The van der Waals surface area contributed by atoms with E-state index in [0.717, 1.165) is 43.3 Å². The Hall–Kier alpha value is -4.06. The average molecular weight is 597 g/mol. The maximum absolute atomic E-state index is 12.4. The average Bonchev–Trinajstić information content (AvgIpc) is 3.20. The number of rotatable bonds is 1. The predicted octanol–water partition coefficient (Wildman–Crippen LogP) is 8.38. The summed E-state index contributed by atoms with van der Waals surface area (Å²) < 4.78 is 0. The Morgan fingerprint density at radius 2 is 0.978 bits per heavy atom. The highest BCUT2D eigenvalue weighted by atomic mass is 16.4. The molecule has 0 spiro atoms. The van der Waals surface area contributed by atoms with Gasteiger partial charge in [-0.15, -0.1) is 0 Å². The van der Waals surface area contributed by atoms with Crippen LogP contribution in [0.3, 0.4) is 0 Å². The summed E-state index contributed by atoms with van der Waals surface area (Å²) in [5, 5.41) is 27.7. The molecule has 0 radical (unpaired) electrons. The lowest BCUT2D eigenvalue weighted by molar-refractivity contribution is 0.0825. The van der Waals surface area contributed by atoms with Crippen LogP contribution >= 0.6 is 0 Å². The number of fused-ring (bicyclic) bond motifs is 1. The molecular weight excluding hydrogens is 555 g/mol. The summed E-state index contributed by atoms with van der Waals surface area (Å²) in [6.07, 6.45) is 0. The molecular formula is C40H41BO4. The summed E-state index contributed by atoms with van der Waals surface area (Å²) in [4.78, 5) is 24.8. The van der Waals surface area contributed by atoms with E-state index < -0.39 is 7.12 Å². The molecule has 0 amide bonds. The molecule has 0 atom stereocenters. The highest BCUT2D eigenvalue weighted by Crippen LogP contribution is 2.43. The van der Waals surface area contributed by atoms with Gasteiger partial charge in [-0.3, -0.25) is 9.59 Å². The SMILES string of the molecule is CC(C)(C)c1cc2ccc3ccc4c5c(cc(c1)c2c35)C(=O)C4=O.CC(C)(C)c1ccc2c(B(O)O)cc(C(C)(C)C)cc2c1. The van der Waals surface area contributed by atoms with Gasteiger partial charge >= 0.3 is 7.12 Å². The van der Waals surface area contributed by atoms with Gasteiger partial charge in [-0.05, 0) is 88.2 Å². The molecule has 228 valence electrons. The fourth-order valence-corrected chi connectivity index (χ4v) is 6.49. The molecule has 1 aliphatic carbocycles. The summed E-state index contributed by atoms with van der Waals surface area (Å²) >= 11 is 0. The second-order valence-electron chi connectivity index (χ2n) is 15.7. The minimum absolute atomic E-state index is 0.0236. The highest BCUT2D eigenvalue weighted by molar-refractivity contribution is 6.62. The second-order valence-corrected chi connectivity index (χ2v) is 15.7. The highest BCUT2D eigenvalue weighted by Gasteiger charge is 2.33. The van der Waals surface area contributed by atoms with Gasteiger partial charge < -0.3 is 10.0 Å². The molecule has 1 aliphatic rings. The van der Waals surface area contributed by atoms with Crippen LogP contribution in [0.4, 0.5) is 0 Å². The van der Waals surface area contributed by atoms with Crippen molar-refractivity contribution < 1.29 is 19.6 Å². The Labute approximate surface area is 265 Å². The molecule has 6 aromatic rings. The van der Waals surface area contributed by atoms with Crippen LogP contribution in [0.1, 0.15) is 99.7 Å². The molecule has 2 N–H and O–H groups in total. The summed E-state index contributed by atoms with van der Waals surface area (Å²) in [5.74, 6) is -0.750. The standard InChI is InChI=1S/C22H16O2.C18H25BO2/c1-22(2,3)14-8-12-5-4-11-6-7-15-19-16(21(24)20(15)23)10-13(9-14)17(12)18(11)19;1-17(2,3)13-7-8-15-12(9-13)10-14(18(4,5)6)11-16(15)19(20)21/h4-10H,1-3H3;7-11,20-21H,1-6H3. The number of hydrogen-bond acceptors (Lipinski definition) is 4. The summed E-state index contributed by atoms with van der Waals surface area (Å²) in [6.45, 7) is 19.5. The van der Waals surface area contributed by atoms with E-state index in [9.17, 15) is 19.6 Å². The van der Waals surface area contributed by atoms with Crippen molar-refractivity contribution in [2.24, 2.45) is 0 Å². The Kier molecular flexibility index (Phi) is 7.04. The minimum atomic E-state index is -1.45. The van der Waals surface area contributed by atoms with Crippen LogP contribution in [-0.4, -0.2) is 28.7 Å². The molecule has 0 unspecified atom stereocenters. The van der Waals surface area contributed by atoms with Crippen LogP contribution in [0.2, 0.25) is 0 Å². The Morgan fingerprint density at radius 3 is 1.60 bits per heavy atom. The van der Waals surface area contributed by atoms with E-state index in [1.54, 1.807) is 6.07 Å². The van der Waals surface area contributed by atoms with E-state index in [1.165, 1.54) is 16.5 Å². The first-order valence-corrected chi connectivity index (χ1v) is 15.7. The van der Waals surface area contributed by atoms with Gasteiger partial charge in [0, 0.05) is 16.5 Å². The lowest BCUT2D eigenvalue weighted by Crippen LogP contribution is -2.32. The quantitative estimate of drug-likeness (QED) is 0.114. The minimum Gasteiger partial charge on any atom is -0.423 e. The van der Waals surface area contributed by atoms with Gasteiger partial charge in [0.25, 0.3) is 0 Å². The summed E-state index contributed by atoms with van der Waals surface area (Å²) in [7, 11) is -1.45. The van der Waals surface area contributed by atoms with Gasteiger partial charge in [0.05, 0.1) is 0 Å². The molecule has 0 fully saturated rings. The molecule has 6 aromatic carbocycles. The lowest BCUT2D eigenvalue weighted by Gasteiger charge is -2.23.